The number of hydrogen-bond acceptors (Lipinski definition) is 6. The molecule has 2 heterocycles. The van der Waals surface area contributed by atoms with Gasteiger partial charge in [0, 0.05) is 37.3 Å². The normalized spacial score (nSPS) is 20.8. The van der Waals surface area contributed by atoms with Gasteiger partial charge in [-0.25, -0.2) is 18.4 Å². The Kier molecular flexibility index (Phi) is 4.93. The van der Waals surface area contributed by atoms with Crippen LogP contribution in [0.5, 0.6) is 6.01 Å². The zero-order valence-electron chi connectivity index (χ0n) is 11.9. The average molecular weight is 299 g/mol. The van der Waals surface area contributed by atoms with Gasteiger partial charge in [-0.2, -0.15) is 0 Å². The van der Waals surface area contributed by atoms with Gasteiger partial charge in [0.25, 0.3) is 0 Å². The SMILES string of the molecule is COc1ncc(CN2CCCC(CS(C)(=O)=O)C2)cn1. The first-order valence-corrected chi connectivity index (χ1v) is 8.77. The number of rotatable bonds is 5. The molecule has 0 N–H and O–H groups in total. The molecule has 1 aromatic heterocycles. The predicted octanol–water partition coefficient (Wildman–Crippen LogP) is 0.742. The van der Waals surface area contributed by atoms with Crippen LogP contribution in [-0.2, 0) is 16.4 Å². The molecule has 1 aliphatic heterocycles. The summed E-state index contributed by atoms with van der Waals surface area (Å²) < 4.78 is 27.7. The van der Waals surface area contributed by atoms with E-state index < -0.39 is 9.84 Å². The number of likely N-dealkylation sites (tertiary alicyclic amines) is 1. The molecule has 0 bridgehead atoms. The molecule has 6 nitrogen and oxygen atoms in total. The van der Waals surface area contributed by atoms with E-state index >= 15 is 0 Å². The van der Waals surface area contributed by atoms with E-state index in [-0.39, 0.29) is 11.7 Å². The molecule has 1 aromatic rings. The highest BCUT2D eigenvalue weighted by molar-refractivity contribution is 7.90. The summed E-state index contributed by atoms with van der Waals surface area (Å²) >= 11 is 0. The fourth-order valence-corrected chi connectivity index (χ4v) is 3.78. The number of hydrogen-bond donors (Lipinski definition) is 0. The van der Waals surface area contributed by atoms with Crippen LogP contribution in [0.4, 0.5) is 0 Å². The molecule has 20 heavy (non-hydrogen) atoms. The van der Waals surface area contributed by atoms with Gasteiger partial charge in [0.2, 0.25) is 0 Å². The summed E-state index contributed by atoms with van der Waals surface area (Å²) in [5.74, 6) is 0.515. The van der Waals surface area contributed by atoms with E-state index in [9.17, 15) is 8.42 Å². The lowest BCUT2D eigenvalue weighted by atomic mass is 10.00. The molecule has 1 unspecified atom stereocenters. The second-order valence-corrected chi connectivity index (χ2v) is 7.60. The van der Waals surface area contributed by atoms with Crippen molar-refractivity contribution in [3.05, 3.63) is 18.0 Å². The highest BCUT2D eigenvalue weighted by Gasteiger charge is 2.23. The molecule has 0 spiro atoms. The Hall–Kier alpha value is -1.21. The second-order valence-electron chi connectivity index (χ2n) is 5.41. The largest absolute Gasteiger partial charge is 0.467 e. The molecule has 0 radical (unpaired) electrons. The van der Waals surface area contributed by atoms with E-state index in [0.29, 0.717) is 6.01 Å². The molecule has 1 atom stereocenters. The standard InChI is InChI=1S/C13H21N3O3S/c1-19-13-14-6-12(7-15-13)9-16-5-3-4-11(8-16)10-20(2,17)18/h6-7,11H,3-5,8-10H2,1-2H3. The molecule has 1 fully saturated rings. The van der Waals surface area contributed by atoms with Crippen molar-refractivity contribution in [2.45, 2.75) is 19.4 Å². The van der Waals surface area contributed by atoms with E-state index in [1.54, 1.807) is 12.4 Å². The first-order valence-electron chi connectivity index (χ1n) is 6.71. The maximum absolute atomic E-state index is 11.4. The molecular formula is C13H21N3O3S. The van der Waals surface area contributed by atoms with E-state index in [1.165, 1.54) is 13.4 Å². The molecule has 112 valence electrons. The maximum Gasteiger partial charge on any atom is 0.316 e. The lowest BCUT2D eigenvalue weighted by Gasteiger charge is -2.32. The molecule has 0 saturated carbocycles. The lowest BCUT2D eigenvalue weighted by Crippen LogP contribution is -2.37. The van der Waals surface area contributed by atoms with Crippen LogP contribution in [-0.4, -0.2) is 55.5 Å². The van der Waals surface area contributed by atoms with Crippen molar-refractivity contribution in [3.8, 4) is 6.01 Å². The quantitative estimate of drug-likeness (QED) is 0.798. The molecular weight excluding hydrogens is 278 g/mol. The van der Waals surface area contributed by atoms with Crippen LogP contribution in [0, 0.1) is 5.92 Å². The number of aromatic nitrogens is 2. The number of ether oxygens (including phenoxy) is 1. The summed E-state index contributed by atoms with van der Waals surface area (Å²) in [5.41, 5.74) is 1.02. The second kappa shape index (κ2) is 6.49. The third-order valence-corrected chi connectivity index (χ3v) is 4.49. The first kappa shape index (κ1) is 15.2. The van der Waals surface area contributed by atoms with Crippen molar-refractivity contribution < 1.29 is 13.2 Å². The number of sulfone groups is 1. The zero-order valence-corrected chi connectivity index (χ0v) is 12.8. The van der Waals surface area contributed by atoms with Gasteiger partial charge in [-0.15, -0.1) is 0 Å². The van der Waals surface area contributed by atoms with Gasteiger partial charge in [-0.05, 0) is 25.3 Å². The summed E-state index contributed by atoms with van der Waals surface area (Å²) in [7, 11) is -1.36. The van der Waals surface area contributed by atoms with Gasteiger partial charge in [0.1, 0.15) is 9.84 Å². The minimum Gasteiger partial charge on any atom is -0.467 e. The van der Waals surface area contributed by atoms with Gasteiger partial charge in [-0.1, -0.05) is 0 Å². The lowest BCUT2D eigenvalue weighted by molar-refractivity contribution is 0.177. The van der Waals surface area contributed by atoms with E-state index in [1.807, 2.05) is 0 Å². The van der Waals surface area contributed by atoms with Crippen LogP contribution in [0.3, 0.4) is 0 Å². The fourth-order valence-electron chi connectivity index (χ4n) is 2.65. The molecule has 0 aromatic carbocycles. The van der Waals surface area contributed by atoms with Crippen molar-refractivity contribution in [1.29, 1.82) is 0 Å². The van der Waals surface area contributed by atoms with Crippen LogP contribution in [0.25, 0.3) is 0 Å². The van der Waals surface area contributed by atoms with Crippen molar-refractivity contribution >= 4 is 9.84 Å². The summed E-state index contributed by atoms with van der Waals surface area (Å²) in [5, 5.41) is 0. The number of methoxy groups -OCH3 is 1. The van der Waals surface area contributed by atoms with Crippen molar-refractivity contribution in [2.24, 2.45) is 5.92 Å². The third kappa shape index (κ3) is 4.72. The van der Waals surface area contributed by atoms with Crippen LogP contribution in [0.2, 0.25) is 0 Å². The Bertz CT molecular complexity index is 530. The summed E-state index contributed by atoms with van der Waals surface area (Å²) in [6, 6.07) is 0.363. The monoisotopic (exact) mass is 299 g/mol. The minimum atomic E-state index is -2.90. The minimum absolute atomic E-state index is 0.234. The molecule has 0 aliphatic carbocycles. The molecule has 1 saturated heterocycles. The topological polar surface area (TPSA) is 72.4 Å². The summed E-state index contributed by atoms with van der Waals surface area (Å²) in [4.78, 5) is 10.4. The van der Waals surface area contributed by atoms with Crippen molar-refractivity contribution in [1.82, 2.24) is 14.9 Å². The van der Waals surface area contributed by atoms with Crippen molar-refractivity contribution in [2.75, 3.05) is 32.2 Å². The fraction of sp³-hybridized carbons (Fsp3) is 0.692. The van der Waals surface area contributed by atoms with Gasteiger partial charge in [-0.3, -0.25) is 4.90 Å². The van der Waals surface area contributed by atoms with Gasteiger partial charge in [0.05, 0.1) is 12.9 Å². The Labute approximate surface area is 120 Å². The van der Waals surface area contributed by atoms with E-state index in [0.717, 1.165) is 38.0 Å². The Morgan fingerprint density at radius 1 is 1.40 bits per heavy atom. The van der Waals surface area contributed by atoms with E-state index in [4.69, 9.17) is 4.74 Å². The van der Waals surface area contributed by atoms with Gasteiger partial charge < -0.3 is 4.74 Å². The molecule has 7 heteroatoms. The highest BCUT2D eigenvalue weighted by Crippen LogP contribution is 2.19. The maximum atomic E-state index is 11.4. The Balaban J connectivity index is 1.91. The van der Waals surface area contributed by atoms with Crippen LogP contribution in [0.1, 0.15) is 18.4 Å². The van der Waals surface area contributed by atoms with Crippen molar-refractivity contribution in [3.63, 3.8) is 0 Å². The summed E-state index contributed by atoms with van der Waals surface area (Å²) in [6.07, 6.45) is 6.85. The van der Waals surface area contributed by atoms with Crippen LogP contribution >= 0.6 is 0 Å². The smallest absolute Gasteiger partial charge is 0.316 e. The number of nitrogens with zero attached hydrogens (tertiary/aromatic N) is 3. The molecule has 1 aliphatic rings. The molecule has 2 rings (SSSR count). The number of piperidine rings is 1. The van der Waals surface area contributed by atoms with Crippen LogP contribution < -0.4 is 4.74 Å². The predicted molar refractivity (Wildman–Crippen MR) is 76.3 cm³/mol. The van der Waals surface area contributed by atoms with E-state index in [2.05, 4.69) is 14.9 Å². The average Bonchev–Trinajstić information content (AvgIpc) is 2.38. The van der Waals surface area contributed by atoms with Gasteiger partial charge in [0.15, 0.2) is 0 Å². The third-order valence-electron chi connectivity index (χ3n) is 3.41. The van der Waals surface area contributed by atoms with Gasteiger partial charge >= 0.3 is 6.01 Å². The summed E-state index contributed by atoms with van der Waals surface area (Å²) in [6.45, 7) is 2.57. The first-order chi connectivity index (χ1) is 9.46. The molecule has 0 amide bonds. The Morgan fingerprint density at radius 3 is 2.70 bits per heavy atom. The Morgan fingerprint density at radius 2 is 2.10 bits per heavy atom. The van der Waals surface area contributed by atoms with Crippen LogP contribution in [0.15, 0.2) is 12.4 Å². The highest BCUT2D eigenvalue weighted by atomic mass is 32.2. The zero-order chi connectivity index (χ0) is 14.6.